The molecule has 2 rings (SSSR count). The molecular formula is C15H18Br2ClNO. The number of rotatable bonds is 4. The predicted octanol–water partition coefficient (Wildman–Crippen LogP) is 5.18. The van der Waals surface area contributed by atoms with Crippen molar-refractivity contribution in [3.8, 4) is 0 Å². The summed E-state index contributed by atoms with van der Waals surface area (Å²) >= 11 is 13.0. The highest BCUT2D eigenvalue weighted by atomic mass is 79.9. The Morgan fingerprint density at radius 2 is 1.95 bits per heavy atom. The van der Waals surface area contributed by atoms with Gasteiger partial charge in [-0.15, -0.1) is 0 Å². The van der Waals surface area contributed by atoms with E-state index in [1.165, 1.54) is 32.1 Å². The Morgan fingerprint density at radius 1 is 1.25 bits per heavy atom. The average Bonchev–Trinajstić information content (AvgIpc) is 2.45. The molecule has 5 heteroatoms. The summed E-state index contributed by atoms with van der Waals surface area (Å²) in [6.07, 6.45) is 6.17. The van der Waals surface area contributed by atoms with Crippen LogP contribution in [0.1, 0.15) is 42.5 Å². The van der Waals surface area contributed by atoms with Gasteiger partial charge in [0.1, 0.15) is 0 Å². The van der Waals surface area contributed by atoms with Crippen molar-refractivity contribution in [2.75, 3.05) is 11.9 Å². The minimum Gasteiger partial charge on any atom is -0.351 e. The molecule has 0 aliphatic heterocycles. The van der Waals surface area contributed by atoms with Gasteiger partial charge in [0.05, 0.1) is 0 Å². The zero-order valence-corrected chi connectivity index (χ0v) is 15.2. The number of hydrogen-bond acceptors (Lipinski definition) is 1. The van der Waals surface area contributed by atoms with Crippen LogP contribution in [0.25, 0.3) is 0 Å². The largest absolute Gasteiger partial charge is 0.351 e. The van der Waals surface area contributed by atoms with Crippen molar-refractivity contribution >= 4 is 49.4 Å². The van der Waals surface area contributed by atoms with Crippen LogP contribution in [0.5, 0.6) is 0 Å². The van der Waals surface area contributed by atoms with E-state index in [1.807, 2.05) is 0 Å². The molecule has 0 heterocycles. The van der Waals surface area contributed by atoms with E-state index in [2.05, 4.69) is 37.2 Å². The first-order valence-electron chi connectivity index (χ1n) is 6.85. The molecule has 1 saturated carbocycles. The fourth-order valence-corrected chi connectivity index (χ4v) is 4.33. The molecule has 110 valence electrons. The smallest absolute Gasteiger partial charge is 0.251 e. The molecule has 0 unspecified atom stereocenters. The molecule has 1 aliphatic carbocycles. The summed E-state index contributed by atoms with van der Waals surface area (Å²) in [7, 11) is 0. The molecule has 0 saturated heterocycles. The zero-order valence-electron chi connectivity index (χ0n) is 11.2. The number of alkyl halides is 1. The maximum Gasteiger partial charge on any atom is 0.251 e. The summed E-state index contributed by atoms with van der Waals surface area (Å²) in [5.41, 5.74) is 0.814. The normalized spacial score (nSPS) is 17.8. The molecular weight excluding hydrogens is 405 g/mol. The number of benzene rings is 1. The number of amides is 1. The molecule has 20 heavy (non-hydrogen) atoms. The molecule has 1 amide bonds. The van der Waals surface area contributed by atoms with Crippen LogP contribution in [-0.4, -0.2) is 17.8 Å². The third kappa shape index (κ3) is 4.22. The van der Waals surface area contributed by atoms with Gasteiger partial charge in [0.25, 0.3) is 5.91 Å². The monoisotopic (exact) mass is 421 g/mol. The molecule has 0 radical (unpaired) electrons. The first-order chi connectivity index (χ1) is 9.54. The molecule has 1 N–H and O–H groups in total. The summed E-state index contributed by atoms with van der Waals surface area (Å²) in [6.45, 7) is 0.723. The van der Waals surface area contributed by atoms with Gasteiger partial charge in [0.2, 0.25) is 0 Å². The van der Waals surface area contributed by atoms with E-state index in [0.717, 1.165) is 16.3 Å². The number of nitrogens with one attached hydrogen (secondary N) is 1. The Bertz CT molecular complexity index is 467. The minimum absolute atomic E-state index is 0.0564. The molecule has 0 bridgehead atoms. The number of hydrogen-bond donors (Lipinski definition) is 1. The third-order valence-electron chi connectivity index (χ3n) is 3.95. The summed E-state index contributed by atoms with van der Waals surface area (Å²) in [5, 5.41) is 4.58. The standard InChI is InChI=1S/C15H18Br2ClNO/c16-9-15(4-2-1-3-5-15)10-19-14(20)11-6-12(17)8-13(18)7-11/h6-8H,1-5,9-10H2,(H,19,20). The lowest BCUT2D eigenvalue weighted by Crippen LogP contribution is -2.40. The van der Waals surface area contributed by atoms with Crippen LogP contribution in [0.15, 0.2) is 22.7 Å². The number of halogens is 3. The van der Waals surface area contributed by atoms with Crippen LogP contribution in [0, 0.1) is 5.41 Å². The van der Waals surface area contributed by atoms with E-state index >= 15 is 0 Å². The quantitative estimate of drug-likeness (QED) is 0.665. The van der Waals surface area contributed by atoms with Gasteiger partial charge < -0.3 is 5.32 Å². The van der Waals surface area contributed by atoms with E-state index in [0.29, 0.717) is 10.6 Å². The van der Waals surface area contributed by atoms with Gasteiger partial charge in [0.15, 0.2) is 0 Å². The highest BCUT2D eigenvalue weighted by Gasteiger charge is 2.31. The Labute approximate surface area is 141 Å². The summed E-state index contributed by atoms with van der Waals surface area (Å²) in [5.74, 6) is -0.0564. The van der Waals surface area contributed by atoms with Crippen LogP contribution in [0.2, 0.25) is 5.02 Å². The van der Waals surface area contributed by atoms with Gasteiger partial charge in [-0.2, -0.15) is 0 Å². The van der Waals surface area contributed by atoms with Gasteiger partial charge >= 0.3 is 0 Å². The second kappa shape index (κ2) is 7.28. The van der Waals surface area contributed by atoms with Crippen molar-refractivity contribution in [3.05, 3.63) is 33.3 Å². The fourth-order valence-electron chi connectivity index (χ4n) is 2.71. The van der Waals surface area contributed by atoms with Crippen molar-refractivity contribution in [2.45, 2.75) is 32.1 Å². The number of carbonyl (C=O) groups is 1. The lowest BCUT2D eigenvalue weighted by atomic mass is 9.75. The van der Waals surface area contributed by atoms with Crippen LogP contribution < -0.4 is 5.32 Å². The van der Waals surface area contributed by atoms with Gasteiger partial charge in [0, 0.05) is 26.9 Å². The lowest BCUT2D eigenvalue weighted by Gasteiger charge is -2.35. The maximum atomic E-state index is 12.2. The zero-order chi connectivity index (χ0) is 14.6. The van der Waals surface area contributed by atoms with Crippen molar-refractivity contribution in [1.29, 1.82) is 0 Å². The first kappa shape index (κ1) is 16.3. The average molecular weight is 424 g/mol. The Balaban J connectivity index is 2.00. The molecule has 1 aromatic rings. The van der Waals surface area contributed by atoms with Crippen molar-refractivity contribution in [1.82, 2.24) is 5.32 Å². The van der Waals surface area contributed by atoms with E-state index < -0.39 is 0 Å². The summed E-state index contributed by atoms with van der Waals surface area (Å²) in [4.78, 5) is 12.2. The van der Waals surface area contributed by atoms with E-state index in [9.17, 15) is 4.79 Å². The molecule has 1 aliphatic rings. The fraction of sp³-hybridized carbons (Fsp3) is 0.533. The molecule has 2 nitrogen and oxygen atoms in total. The van der Waals surface area contributed by atoms with Crippen molar-refractivity contribution in [2.24, 2.45) is 5.41 Å². The second-order valence-corrected chi connectivity index (χ2v) is 7.45. The van der Waals surface area contributed by atoms with Crippen LogP contribution in [-0.2, 0) is 0 Å². The SMILES string of the molecule is O=C(NCC1(CBr)CCCCC1)c1cc(Cl)cc(Br)c1. The predicted molar refractivity (Wildman–Crippen MR) is 90.8 cm³/mol. The Morgan fingerprint density at radius 3 is 2.55 bits per heavy atom. The van der Waals surface area contributed by atoms with Gasteiger partial charge in [-0.25, -0.2) is 0 Å². The highest BCUT2D eigenvalue weighted by molar-refractivity contribution is 9.10. The summed E-state index contributed by atoms with van der Waals surface area (Å²) in [6, 6.07) is 5.27. The van der Waals surface area contributed by atoms with Crippen molar-refractivity contribution < 1.29 is 4.79 Å². The van der Waals surface area contributed by atoms with Crippen LogP contribution in [0.3, 0.4) is 0 Å². The van der Waals surface area contributed by atoms with E-state index in [1.54, 1.807) is 18.2 Å². The Hall–Kier alpha value is -0.0600. The van der Waals surface area contributed by atoms with Crippen LogP contribution >= 0.6 is 43.5 Å². The molecule has 0 atom stereocenters. The molecule has 1 fully saturated rings. The molecule has 1 aromatic carbocycles. The lowest BCUT2D eigenvalue weighted by molar-refractivity contribution is 0.0922. The molecule has 0 aromatic heterocycles. The van der Waals surface area contributed by atoms with E-state index in [-0.39, 0.29) is 11.3 Å². The van der Waals surface area contributed by atoms with Gasteiger partial charge in [-0.3, -0.25) is 4.79 Å². The van der Waals surface area contributed by atoms with Crippen LogP contribution in [0.4, 0.5) is 0 Å². The van der Waals surface area contributed by atoms with Gasteiger partial charge in [-0.1, -0.05) is 62.7 Å². The third-order valence-corrected chi connectivity index (χ3v) is 5.81. The highest BCUT2D eigenvalue weighted by Crippen LogP contribution is 2.37. The van der Waals surface area contributed by atoms with Gasteiger partial charge in [-0.05, 0) is 36.5 Å². The number of carbonyl (C=O) groups excluding carboxylic acids is 1. The maximum absolute atomic E-state index is 12.2. The topological polar surface area (TPSA) is 29.1 Å². The summed E-state index contributed by atoms with van der Waals surface area (Å²) < 4.78 is 0.822. The van der Waals surface area contributed by atoms with E-state index in [4.69, 9.17) is 11.6 Å². The molecule has 0 spiro atoms. The second-order valence-electron chi connectivity index (χ2n) is 5.54. The minimum atomic E-state index is -0.0564. The first-order valence-corrected chi connectivity index (χ1v) is 9.14. The Kier molecular flexibility index (Phi) is 5.94. The van der Waals surface area contributed by atoms with Crippen molar-refractivity contribution in [3.63, 3.8) is 0 Å².